The lowest BCUT2D eigenvalue weighted by atomic mass is 9.92. The molecule has 1 aromatic carbocycles. The Morgan fingerprint density at radius 1 is 1.23 bits per heavy atom. The van der Waals surface area contributed by atoms with Gasteiger partial charge in [0.1, 0.15) is 0 Å². The van der Waals surface area contributed by atoms with Gasteiger partial charge in [-0.15, -0.1) is 0 Å². The summed E-state index contributed by atoms with van der Waals surface area (Å²) in [5.74, 6) is 0. The van der Waals surface area contributed by atoms with Crippen LogP contribution >= 0.6 is 0 Å². The van der Waals surface area contributed by atoms with Crippen molar-refractivity contribution in [3.63, 3.8) is 0 Å². The molecule has 0 radical (unpaired) electrons. The quantitative estimate of drug-likeness (QED) is 0.810. The number of H-pyrrole nitrogens is 1. The predicted octanol–water partition coefficient (Wildman–Crippen LogP) is 2.44. The highest BCUT2D eigenvalue weighted by Gasteiger charge is 2.41. The standard InChI is InChI=1S/C18H23N3O/c1-12-2-3-13-14-4-7-21-16(18(14)19-15(13)10-12)5-6-20-8-9-22-11-17(20)21/h2-3,10,16-17,19H,4-9,11H2,1H3/t16-,17-/m0/s1. The first-order chi connectivity index (χ1) is 10.8. The topological polar surface area (TPSA) is 31.5 Å². The number of rotatable bonds is 0. The molecule has 3 aliphatic heterocycles. The summed E-state index contributed by atoms with van der Waals surface area (Å²) in [6.45, 7) is 7.37. The number of benzene rings is 1. The lowest BCUT2D eigenvalue weighted by molar-refractivity contribution is -0.120. The molecule has 0 saturated carbocycles. The van der Waals surface area contributed by atoms with Gasteiger partial charge in [0, 0.05) is 36.2 Å². The highest BCUT2D eigenvalue weighted by Crippen LogP contribution is 2.40. The van der Waals surface area contributed by atoms with Crippen LogP contribution in [0.4, 0.5) is 0 Å². The molecule has 4 nitrogen and oxygen atoms in total. The van der Waals surface area contributed by atoms with Crippen molar-refractivity contribution in [3.05, 3.63) is 35.0 Å². The van der Waals surface area contributed by atoms with Crippen molar-refractivity contribution in [2.45, 2.75) is 32.0 Å². The third-order valence-corrected chi connectivity index (χ3v) is 5.73. The monoisotopic (exact) mass is 297 g/mol. The molecule has 4 heterocycles. The van der Waals surface area contributed by atoms with Crippen LogP contribution in [0.5, 0.6) is 0 Å². The van der Waals surface area contributed by atoms with Crippen LogP contribution in [0.3, 0.4) is 0 Å². The molecule has 0 unspecified atom stereocenters. The van der Waals surface area contributed by atoms with E-state index in [1.165, 1.54) is 35.1 Å². The van der Waals surface area contributed by atoms with Gasteiger partial charge in [0.05, 0.1) is 25.4 Å². The fourth-order valence-electron chi connectivity index (χ4n) is 4.65. The molecule has 0 aliphatic carbocycles. The number of aromatic nitrogens is 1. The maximum Gasteiger partial charge on any atom is 0.0870 e. The van der Waals surface area contributed by atoms with E-state index >= 15 is 0 Å². The summed E-state index contributed by atoms with van der Waals surface area (Å²) in [6.07, 6.45) is 2.86. The molecule has 2 fully saturated rings. The largest absolute Gasteiger partial charge is 0.377 e. The Morgan fingerprint density at radius 3 is 3.14 bits per heavy atom. The molecule has 22 heavy (non-hydrogen) atoms. The molecule has 2 atom stereocenters. The Labute approximate surface area is 131 Å². The fourth-order valence-corrected chi connectivity index (χ4v) is 4.65. The van der Waals surface area contributed by atoms with Gasteiger partial charge in [-0.1, -0.05) is 12.1 Å². The lowest BCUT2D eigenvalue weighted by Crippen LogP contribution is -2.61. The summed E-state index contributed by atoms with van der Waals surface area (Å²) in [6, 6.07) is 7.37. The van der Waals surface area contributed by atoms with E-state index in [9.17, 15) is 0 Å². The predicted molar refractivity (Wildman–Crippen MR) is 87.0 cm³/mol. The van der Waals surface area contributed by atoms with Gasteiger partial charge >= 0.3 is 0 Å². The van der Waals surface area contributed by atoms with E-state index in [4.69, 9.17) is 4.74 Å². The molecule has 2 aromatic rings. The first-order valence-corrected chi connectivity index (χ1v) is 8.50. The van der Waals surface area contributed by atoms with Crippen molar-refractivity contribution in [1.82, 2.24) is 14.8 Å². The van der Waals surface area contributed by atoms with Crippen LogP contribution in [0.25, 0.3) is 10.9 Å². The SMILES string of the molecule is Cc1ccc2c3c([nH]c2c1)[C@@H]1CCN2CCOC[C@@H]2N1CC3. The third kappa shape index (κ3) is 1.81. The minimum atomic E-state index is 0.480. The number of aromatic amines is 1. The minimum Gasteiger partial charge on any atom is -0.377 e. The van der Waals surface area contributed by atoms with Crippen molar-refractivity contribution in [1.29, 1.82) is 0 Å². The van der Waals surface area contributed by atoms with Crippen molar-refractivity contribution in [3.8, 4) is 0 Å². The lowest BCUT2D eigenvalue weighted by Gasteiger charge is -2.51. The van der Waals surface area contributed by atoms with E-state index in [-0.39, 0.29) is 0 Å². The molecule has 2 saturated heterocycles. The van der Waals surface area contributed by atoms with Gasteiger partial charge in [-0.05, 0) is 37.0 Å². The summed E-state index contributed by atoms with van der Waals surface area (Å²) in [4.78, 5) is 9.03. The third-order valence-electron chi connectivity index (χ3n) is 5.73. The Morgan fingerprint density at radius 2 is 2.18 bits per heavy atom. The Bertz CT molecular complexity index is 722. The molecule has 1 N–H and O–H groups in total. The van der Waals surface area contributed by atoms with Crippen molar-refractivity contribution < 1.29 is 4.74 Å². The highest BCUT2D eigenvalue weighted by atomic mass is 16.5. The van der Waals surface area contributed by atoms with Crippen LogP contribution < -0.4 is 0 Å². The summed E-state index contributed by atoms with van der Waals surface area (Å²) in [7, 11) is 0. The van der Waals surface area contributed by atoms with Crippen molar-refractivity contribution in [2.24, 2.45) is 0 Å². The summed E-state index contributed by atoms with van der Waals surface area (Å²) < 4.78 is 5.76. The van der Waals surface area contributed by atoms with Gasteiger partial charge < -0.3 is 9.72 Å². The van der Waals surface area contributed by atoms with Crippen LogP contribution in [0.2, 0.25) is 0 Å². The van der Waals surface area contributed by atoms with E-state index < -0.39 is 0 Å². The first-order valence-electron chi connectivity index (χ1n) is 8.50. The number of nitrogens with one attached hydrogen (secondary N) is 1. The van der Waals surface area contributed by atoms with Gasteiger partial charge in [-0.2, -0.15) is 0 Å². The highest BCUT2D eigenvalue weighted by molar-refractivity contribution is 5.85. The van der Waals surface area contributed by atoms with E-state index in [1.54, 1.807) is 5.56 Å². The average molecular weight is 297 g/mol. The molecule has 0 spiro atoms. The van der Waals surface area contributed by atoms with E-state index in [2.05, 4.69) is 39.9 Å². The Balaban J connectivity index is 1.58. The second-order valence-electron chi connectivity index (χ2n) is 6.95. The van der Waals surface area contributed by atoms with E-state index in [0.717, 1.165) is 32.7 Å². The maximum absolute atomic E-state index is 5.76. The Hall–Kier alpha value is -1.36. The number of aryl methyl sites for hydroxylation is 1. The van der Waals surface area contributed by atoms with Crippen LogP contribution in [-0.4, -0.2) is 53.8 Å². The molecule has 116 valence electrons. The van der Waals surface area contributed by atoms with Gasteiger partial charge in [0.15, 0.2) is 0 Å². The summed E-state index contributed by atoms with van der Waals surface area (Å²) in [5, 5.41) is 1.43. The smallest absolute Gasteiger partial charge is 0.0870 e. The van der Waals surface area contributed by atoms with Gasteiger partial charge in [0.2, 0.25) is 0 Å². The molecular weight excluding hydrogens is 274 g/mol. The van der Waals surface area contributed by atoms with Gasteiger partial charge in [-0.3, -0.25) is 9.80 Å². The average Bonchev–Trinajstić information content (AvgIpc) is 2.92. The van der Waals surface area contributed by atoms with Crippen LogP contribution in [0.1, 0.15) is 29.3 Å². The van der Waals surface area contributed by atoms with Gasteiger partial charge in [0.25, 0.3) is 0 Å². The number of fused-ring (bicyclic) bond motifs is 7. The zero-order valence-corrected chi connectivity index (χ0v) is 13.1. The molecule has 5 rings (SSSR count). The number of hydrogen-bond acceptors (Lipinski definition) is 3. The zero-order chi connectivity index (χ0) is 14.7. The second kappa shape index (κ2) is 4.82. The number of ether oxygens (including phenoxy) is 1. The molecule has 3 aliphatic rings. The van der Waals surface area contributed by atoms with Crippen molar-refractivity contribution in [2.75, 3.05) is 32.8 Å². The summed E-state index contributed by atoms with van der Waals surface area (Å²) >= 11 is 0. The fraction of sp³-hybridized carbons (Fsp3) is 0.556. The minimum absolute atomic E-state index is 0.480. The number of morpholine rings is 1. The normalized spacial score (nSPS) is 29.1. The van der Waals surface area contributed by atoms with Gasteiger partial charge in [-0.25, -0.2) is 0 Å². The van der Waals surface area contributed by atoms with Crippen LogP contribution in [0.15, 0.2) is 18.2 Å². The molecular formula is C18H23N3O. The first kappa shape index (κ1) is 13.1. The van der Waals surface area contributed by atoms with E-state index in [0.29, 0.717) is 12.2 Å². The van der Waals surface area contributed by atoms with Crippen molar-refractivity contribution >= 4 is 10.9 Å². The maximum atomic E-state index is 5.76. The van der Waals surface area contributed by atoms with Crippen LogP contribution in [0, 0.1) is 6.92 Å². The molecule has 0 amide bonds. The van der Waals surface area contributed by atoms with Crippen LogP contribution in [-0.2, 0) is 11.2 Å². The molecule has 4 heteroatoms. The summed E-state index contributed by atoms with van der Waals surface area (Å²) in [5.41, 5.74) is 5.67. The van der Waals surface area contributed by atoms with E-state index in [1.807, 2.05) is 0 Å². The zero-order valence-electron chi connectivity index (χ0n) is 13.1. The molecule has 0 bridgehead atoms. The number of hydrogen-bond donors (Lipinski definition) is 1. The number of nitrogens with zero attached hydrogens (tertiary/aromatic N) is 2. The Kier molecular flexibility index (Phi) is 2.87. The molecule has 1 aromatic heterocycles. The second-order valence-corrected chi connectivity index (χ2v) is 6.95.